The van der Waals surface area contributed by atoms with Gasteiger partial charge >= 0.3 is 0 Å². The summed E-state index contributed by atoms with van der Waals surface area (Å²) in [6, 6.07) is 8.85. The SMILES string of the molecule is CCCCSc1[c]cccc1Cl. The minimum atomic E-state index is 0.818. The molecule has 1 aromatic carbocycles. The smallest absolute Gasteiger partial charge is 0.0548 e. The van der Waals surface area contributed by atoms with Crippen LogP contribution >= 0.6 is 23.4 Å². The number of rotatable bonds is 4. The lowest BCUT2D eigenvalue weighted by Gasteiger charge is -2.01. The second-order valence-corrected chi connectivity index (χ2v) is 4.06. The molecule has 0 heterocycles. The molecule has 0 saturated carbocycles. The van der Waals surface area contributed by atoms with Gasteiger partial charge in [0.15, 0.2) is 0 Å². The van der Waals surface area contributed by atoms with Crippen LogP contribution in [-0.2, 0) is 0 Å². The Balaban J connectivity index is 2.46. The Kier molecular flexibility index (Phi) is 4.55. The van der Waals surface area contributed by atoms with Gasteiger partial charge in [-0.3, -0.25) is 0 Å². The van der Waals surface area contributed by atoms with Gasteiger partial charge in [0.1, 0.15) is 0 Å². The van der Waals surface area contributed by atoms with Crippen LogP contribution in [0.1, 0.15) is 19.8 Å². The molecule has 2 heteroatoms. The van der Waals surface area contributed by atoms with Crippen LogP contribution in [-0.4, -0.2) is 5.75 Å². The van der Waals surface area contributed by atoms with Crippen molar-refractivity contribution in [2.24, 2.45) is 0 Å². The highest BCUT2D eigenvalue weighted by Crippen LogP contribution is 2.26. The lowest BCUT2D eigenvalue weighted by atomic mass is 10.4. The molecule has 0 nitrogen and oxygen atoms in total. The molecule has 0 saturated heterocycles. The van der Waals surface area contributed by atoms with Crippen LogP contribution < -0.4 is 0 Å². The lowest BCUT2D eigenvalue weighted by Crippen LogP contribution is -1.79. The Morgan fingerprint density at radius 1 is 1.58 bits per heavy atom. The summed E-state index contributed by atoms with van der Waals surface area (Å²) < 4.78 is 0. The molecule has 0 fully saturated rings. The largest absolute Gasteiger partial charge is 0.124 e. The highest BCUT2D eigenvalue weighted by molar-refractivity contribution is 7.99. The average Bonchev–Trinajstić information content (AvgIpc) is 2.09. The number of thioether (sulfide) groups is 1. The molecule has 65 valence electrons. The first kappa shape index (κ1) is 9.94. The lowest BCUT2D eigenvalue weighted by molar-refractivity contribution is 0.896. The normalized spacial score (nSPS) is 10.2. The summed E-state index contributed by atoms with van der Waals surface area (Å²) in [6.45, 7) is 2.19. The summed E-state index contributed by atoms with van der Waals surface area (Å²) in [7, 11) is 0. The zero-order valence-electron chi connectivity index (χ0n) is 7.14. The Morgan fingerprint density at radius 3 is 3.08 bits per heavy atom. The van der Waals surface area contributed by atoms with Crippen molar-refractivity contribution in [1.82, 2.24) is 0 Å². The van der Waals surface area contributed by atoms with Gasteiger partial charge in [-0.05, 0) is 24.3 Å². The van der Waals surface area contributed by atoms with Gasteiger partial charge in [0.05, 0.1) is 5.02 Å². The minimum absolute atomic E-state index is 0.818. The summed E-state index contributed by atoms with van der Waals surface area (Å²) in [4.78, 5) is 1.08. The van der Waals surface area contributed by atoms with Crippen molar-refractivity contribution < 1.29 is 0 Å². The highest BCUT2D eigenvalue weighted by atomic mass is 35.5. The van der Waals surface area contributed by atoms with Crippen molar-refractivity contribution in [2.75, 3.05) is 5.75 Å². The van der Waals surface area contributed by atoms with E-state index in [0.29, 0.717) is 0 Å². The fourth-order valence-electron chi connectivity index (χ4n) is 0.830. The molecule has 0 aliphatic carbocycles. The molecule has 12 heavy (non-hydrogen) atoms. The maximum Gasteiger partial charge on any atom is 0.0548 e. The molecule has 0 aliphatic heterocycles. The maximum atomic E-state index is 5.95. The zero-order valence-corrected chi connectivity index (χ0v) is 8.71. The van der Waals surface area contributed by atoms with Crippen LogP contribution in [0.3, 0.4) is 0 Å². The third-order valence-corrected chi connectivity index (χ3v) is 3.06. The van der Waals surface area contributed by atoms with Crippen LogP contribution in [0.2, 0.25) is 5.02 Å². The molecule has 0 aromatic heterocycles. The third kappa shape index (κ3) is 3.08. The number of hydrogen-bond donors (Lipinski definition) is 0. The Hall–Kier alpha value is -0.140. The fourth-order valence-corrected chi connectivity index (χ4v) is 2.12. The summed E-state index contributed by atoms with van der Waals surface area (Å²) in [5.41, 5.74) is 0. The second-order valence-electron chi connectivity index (χ2n) is 2.55. The van der Waals surface area contributed by atoms with Gasteiger partial charge < -0.3 is 0 Å². The van der Waals surface area contributed by atoms with Gasteiger partial charge in [-0.25, -0.2) is 0 Å². The molecule has 0 amide bonds. The highest BCUT2D eigenvalue weighted by Gasteiger charge is 1.98. The van der Waals surface area contributed by atoms with E-state index in [-0.39, 0.29) is 0 Å². The van der Waals surface area contributed by atoms with E-state index in [9.17, 15) is 0 Å². The van der Waals surface area contributed by atoms with E-state index in [2.05, 4.69) is 13.0 Å². The van der Waals surface area contributed by atoms with E-state index in [1.807, 2.05) is 18.2 Å². The van der Waals surface area contributed by atoms with Crippen molar-refractivity contribution in [3.63, 3.8) is 0 Å². The first-order valence-corrected chi connectivity index (χ1v) is 5.50. The van der Waals surface area contributed by atoms with Crippen molar-refractivity contribution >= 4 is 23.4 Å². The van der Waals surface area contributed by atoms with Gasteiger partial charge in [0.25, 0.3) is 0 Å². The van der Waals surface area contributed by atoms with Crippen LogP contribution in [0.25, 0.3) is 0 Å². The van der Waals surface area contributed by atoms with Crippen LogP contribution in [0.4, 0.5) is 0 Å². The minimum Gasteiger partial charge on any atom is -0.124 e. The predicted octanol–water partition coefficient (Wildman–Crippen LogP) is 4.03. The fraction of sp³-hybridized carbons (Fsp3) is 0.400. The van der Waals surface area contributed by atoms with Gasteiger partial charge in [0, 0.05) is 4.90 Å². The van der Waals surface area contributed by atoms with E-state index >= 15 is 0 Å². The summed E-state index contributed by atoms with van der Waals surface area (Å²) >= 11 is 7.74. The number of halogens is 1. The van der Waals surface area contributed by atoms with Crippen LogP contribution in [0.5, 0.6) is 0 Å². The molecule has 1 rings (SSSR count). The molecule has 1 aromatic rings. The van der Waals surface area contributed by atoms with E-state index < -0.39 is 0 Å². The molecule has 0 spiro atoms. The van der Waals surface area contributed by atoms with Gasteiger partial charge in [0.2, 0.25) is 0 Å². The number of hydrogen-bond acceptors (Lipinski definition) is 1. The Labute approximate surface area is 83.3 Å². The molecule has 0 aliphatic rings. The Bertz CT molecular complexity index is 235. The van der Waals surface area contributed by atoms with Crippen molar-refractivity contribution in [3.8, 4) is 0 Å². The molecule has 0 unspecified atom stereocenters. The van der Waals surface area contributed by atoms with Gasteiger partial charge in [-0.1, -0.05) is 37.1 Å². The van der Waals surface area contributed by atoms with E-state index in [0.717, 1.165) is 15.7 Å². The molecular weight excluding hydrogens is 188 g/mol. The van der Waals surface area contributed by atoms with Crippen molar-refractivity contribution in [1.29, 1.82) is 0 Å². The van der Waals surface area contributed by atoms with Gasteiger partial charge in [-0.15, -0.1) is 11.8 Å². The molecule has 1 radical (unpaired) electrons. The van der Waals surface area contributed by atoms with Gasteiger partial charge in [-0.2, -0.15) is 0 Å². The summed E-state index contributed by atoms with van der Waals surface area (Å²) in [5.74, 6) is 1.14. The monoisotopic (exact) mass is 199 g/mol. The van der Waals surface area contributed by atoms with E-state index in [1.165, 1.54) is 12.8 Å². The van der Waals surface area contributed by atoms with E-state index in [1.54, 1.807) is 11.8 Å². The molecule has 0 atom stereocenters. The number of unbranched alkanes of at least 4 members (excludes halogenated alkanes) is 1. The molecular formula is C10H12ClS. The van der Waals surface area contributed by atoms with Crippen molar-refractivity contribution in [2.45, 2.75) is 24.7 Å². The second kappa shape index (κ2) is 5.50. The van der Waals surface area contributed by atoms with Crippen LogP contribution in [0, 0.1) is 6.07 Å². The topological polar surface area (TPSA) is 0 Å². The average molecular weight is 200 g/mol. The Morgan fingerprint density at radius 2 is 2.42 bits per heavy atom. The van der Waals surface area contributed by atoms with Crippen LogP contribution in [0.15, 0.2) is 23.1 Å². The van der Waals surface area contributed by atoms with E-state index in [4.69, 9.17) is 11.6 Å². The van der Waals surface area contributed by atoms with Crippen molar-refractivity contribution in [3.05, 3.63) is 29.3 Å². The number of benzene rings is 1. The quantitative estimate of drug-likeness (QED) is 0.521. The summed E-state index contributed by atoms with van der Waals surface area (Å²) in [5, 5.41) is 0.818. The maximum absolute atomic E-state index is 5.95. The first-order chi connectivity index (χ1) is 5.84. The standard InChI is InChI=1S/C10H12ClS/c1-2-3-8-12-10-7-5-4-6-9(10)11/h4-6H,2-3,8H2,1H3. The predicted molar refractivity (Wildman–Crippen MR) is 55.9 cm³/mol. The zero-order chi connectivity index (χ0) is 8.81. The third-order valence-electron chi connectivity index (χ3n) is 1.51. The molecule has 0 bridgehead atoms. The summed E-state index contributed by atoms with van der Waals surface area (Å²) in [6.07, 6.45) is 2.47. The first-order valence-electron chi connectivity index (χ1n) is 4.13. The molecule has 0 N–H and O–H groups in total.